The van der Waals surface area contributed by atoms with Gasteiger partial charge in [0.2, 0.25) is 0 Å². The number of aryl methyl sites for hydroxylation is 1. The van der Waals surface area contributed by atoms with E-state index in [2.05, 4.69) is 58.7 Å². The molecule has 4 heteroatoms. The molecule has 0 bridgehead atoms. The van der Waals surface area contributed by atoms with E-state index in [4.69, 9.17) is 23.2 Å². The van der Waals surface area contributed by atoms with E-state index in [0.717, 1.165) is 44.5 Å². The van der Waals surface area contributed by atoms with Gasteiger partial charge in [0.05, 0.1) is 5.03 Å². The monoisotopic (exact) mass is 565 g/mol. The van der Waals surface area contributed by atoms with Gasteiger partial charge in [-0.05, 0) is 70.7 Å². The van der Waals surface area contributed by atoms with Crippen molar-refractivity contribution in [1.82, 2.24) is 5.32 Å². The second kappa shape index (κ2) is 19.8. The smallest absolute Gasteiger partial charge is 0.381 e. The molecular formula is C33H46Cl2KN-2. The fourth-order valence-electron chi connectivity index (χ4n) is 4.20. The molecule has 1 N–H and O–H groups in total. The first-order valence-corrected chi connectivity index (χ1v) is 13.8. The summed E-state index contributed by atoms with van der Waals surface area (Å²) in [5.41, 5.74) is 7.33. The molecule has 1 fully saturated rings. The van der Waals surface area contributed by atoms with Gasteiger partial charge in [-0.3, -0.25) is 0 Å². The van der Waals surface area contributed by atoms with E-state index in [1.807, 2.05) is 39.0 Å². The number of rotatable bonds is 10. The summed E-state index contributed by atoms with van der Waals surface area (Å²) in [5, 5.41) is 4.80. The molecule has 1 aliphatic carbocycles. The predicted octanol–water partition coefficient (Wildman–Crippen LogP) is 8.00. The molecule has 0 amide bonds. The molecule has 0 saturated heterocycles. The zero-order chi connectivity index (χ0) is 27.3. The van der Waals surface area contributed by atoms with Crippen LogP contribution in [0.1, 0.15) is 89.8 Å². The molecule has 0 aliphatic heterocycles. The van der Waals surface area contributed by atoms with Crippen LogP contribution in [0.4, 0.5) is 0 Å². The van der Waals surface area contributed by atoms with Crippen LogP contribution in [0, 0.1) is 33.1 Å². The summed E-state index contributed by atoms with van der Waals surface area (Å²) in [7, 11) is 0. The van der Waals surface area contributed by atoms with Crippen LogP contribution in [0.2, 0.25) is 5.02 Å². The molecule has 0 heterocycles. The van der Waals surface area contributed by atoms with Gasteiger partial charge in [0, 0.05) is 16.8 Å². The predicted molar refractivity (Wildman–Crippen MR) is 163 cm³/mol. The van der Waals surface area contributed by atoms with Crippen LogP contribution in [0.15, 0.2) is 76.5 Å². The molecular weight excluding hydrogens is 520 g/mol. The first-order valence-electron chi connectivity index (χ1n) is 13.0. The van der Waals surface area contributed by atoms with Crippen molar-refractivity contribution < 1.29 is 51.4 Å². The summed E-state index contributed by atoms with van der Waals surface area (Å²) in [6, 6.07) is 6.11. The molecule has 2 unspecified atom stereocenters. The summed E-state index contributed by atoms with van der Waals surface area (Å²) in [5.74, 6) is 0.973. The number of halogens is 2. The zero-order valence-electron chi connectivity index (χ0n) is 24.2. The van der Waals surface area contributed by atoms with E-state index in [-0.39, 0.29) is 57.4 Å². The molecule has 1 aromatic rings. The van der Waals surface area contributed by atoms with Gasteiger partial charge >= 0.3 is 51.4 Å². The van der Waals surface area contributed by atoms with Crippen LogP contribution >= 0.6 is 23.2 Å². The molecule has 37 heavy (non-hydrogen) atoms. The Kier molecular flexibility index (Phi) is 19.7. The van der Waals surface area contributed by atoms with Crippen molar-refractivity contribution in [3.05, 3.63) is 113 Å². The summed E-state index contributed by atoms with van der Waals surface area (Å²) in [4.78, 5) is 0. The van der Waals surface area contributed by atoms with E-state index >= 15 is 0 Å². The van der Waals surface area contributed by atoms with Gasteiger partial charge in [-0.2, -0.15) is 12.8 Å². The van der Waals surface area contributed by atoms with Gasteiger partial charge in [0.15, 0.2) is 0 Å². The fourth-order valence-corrected chi connectivity index (χ4v) is 4.82. The van der Waals surface area contributed by atoms with Gasteiger partial charge in [0.25, 0.3) is 0 Å². The van der Waals surface area contributed by atoms with Crippen LogP contribution in [0.3, 0.4) is 0 Å². The second-order valence-corrected chi connectivity index (χ2v) is 10.8. The minimum absolute atomic E-state index is 0. The van der Waals surface area contributed by atoms with Crippen LogP contribution in [-0.2, 0) is 0 Å². The van der Waals surface area contributed by atoms with Crippen molar-refractivity contribution in [2.24, 2.45) is 5.92 Å². The van der Waals surface area contributed by atoms with Gasteiger partial charge in [-0.25, -0.2) is 25.0 Å². The van der Waals surface area contributed by atoms with Gasteiger partial charge < -0.3 is 18.7 Å². The third kappa shape index (κ3) is 14.1. The maximum absolute atomic E-state index is 6.47. The third-order valence-electron chi connectivity index (χ3n) is 6.64. The van der Waals surface area contributed by atoms with Crippen molar-refractivity contribution in [3.63, 3.8) is 0 Å². The first-order chi connectivity index (χ1) is 17.0. The topological polar surface area (TPSA) is 12.0 Å². The van der Waals surface area contributed by atoms with Crippen LogP contribution < -0.4 is 56.7 Å². The van der Waals surface area contributed by atoms with E-state index in [1.165, 1.54) is 44.1 Å². The van der Waals surface area contributed by atoms with Crippen molar-refractivity contribution in [3.8, 4) is 0 Å². The maximum Gasteiger partial charge on any atom is 1.00 e. The fraction of sp³-hybridized carbons (Fsp3) is 0.424. The van der Waals surface area contributed by atoms with Crippen LogP contribution in [0.5, 0.6) is 0 Å². The molecule has 1 aliphatic rings. The molecule has 0 radical (unpaired) electrons. The average Bonchev–Trinajstić information content (AvgIpc) is 2.84. The van der Waals surface area contributed by atoms with E-state index in [1.54, 1.807) is 6.08 Å². The Hall–Kier alpha value is -0.194. The summed E-state index contributed by atoms with van der Waals surface area (Å²) < 4.78 is 0. The number of allylic oxidation sites excluding steroid dienone is 8. The molecule has 1 saturated carbocycles. The normalized spacial score (nSPS) is 17.5. The Morgan fingerprint density at radius 3 is 2.46 bits per heavy atom. The summed E-state index contributed by atoms with van der Waals surface area (Å²) in [6.45, 7) is 25.9. The minimum atomic E-state index is 0. The molecule has 200 valence electrons. The van der Waals surface area contributed by atoms with Crippen molar-refractivity contribution in [2.45, 2.75) is 85.6 Å². The van der Waals surface area contributed by atoms with Gasteiger partial charge in [0.1, 0.15) is 0 Å². The number of benzene rings is 1. The Bertz CT molecular complexity index is 965. The molecule has 0 aromatic heterocycles. The van der Waals surface area contributed by atoms with Gasteiger partial charge in [-0.1, -0.05) is 65.2 Å². The number of hydrogen-bond acceptors (Lipinski definition) is 1. The quantitative estimate of drug-likeness (QED) is 0.131. The number of nitrogens with one attached hydrogen (secondary N) is 1. The Labute approximate surface area is 281 Å². The van der Waals surface area contributed by atoms with Crippen molar-refractivity contribution in [2.75, 3.05) is 0 Å². The van der Waals surface area contributed by atoms with Crippen molar-refractivity contribution in [1.29, 1.82) is 0 Å². The van der Waals surface area contributed by atoms with Crippen molar-refractivity contribution >= 4 is 23.2 Å². The van der Waals surface area contributed by atoms with Crippen LogP contribution in [-0.4, -0.2) is 0 Å². The molecule has 2 atom stereocenters. The average molecular weight is 567 g/mol. The molecule has 2 rings (SSSR count). The minimum Gasteiger partial charge on any atom is -0.381 e. The largest absolute Gasteiger partial charge is 1.00 e. The van der Waals surface area contributed by atoms with Gasteiger partial charge in [-0.15, -0.1) is 18.7 Å². The third-order valence-corrected chi connectivity index (χ3v) is 7.36. The molecule has 0 spiro atoms. The van der Waals surface area contributed by atoms with Crippen LogP contribution in [0.25, 0.3) is 0 Å². The van der Waals surface area contributed by atoms with E-state index < -0.39 is 0 Å². The van der Waals surface area contributed by atoms with E-state index in [9.17, 15) is 0 Å². The second-order valence-electron chi connectivity index (χ2n) is 9.97. The standard InChI is InChI=1S/C22H27Cl2N.C11H19.K/c1-8-19(9-2)16(5)15(4)13-21(23)18(7)25-17(6)20-11-10-14(3)12-22(20)24;1-10(2)8-9-11-6-4-3-5-7-11;/h8,10-13,17,25H,1-2,5,9H2,3-4,6-7H3;4,11H,1,3,5-9H2,2H3;/q-2;-1;+1/b15-13-,19-8+,21-18-;;. The van der Waals surface area contributed by atoms with E-state index in [0.29, 0.717) is 11.5 Å². The maximum atomic E-state index is 6.47. The first kappa shape index (κ1) is 36.8. The zero-order valence-corrected chi connectivity index (χ0v) is 28.8. The molecule has 1 aromatic carbocycles. The number of hydrogen-bond donors (Lipinski definition) is 1. The Morgan fingerprint density at radius 2 is 1.95 bits per heavy atom. The molecule has 1 nitrogen and oxygen atoms in total. The SMILES string of the molecule is C=C(/C(C)=C\C(Cl)=C(/C)NC(C)c1ccc(C)cc1Cl)/C(=C/[CH2-])C[CH2-].C=C(C)CCC1C[CH-]CCC1.[K+]. The Balaban J connectivity index is 0.000000902. The Morgan fingerprint density at radius 1 is 1.27 bits per heavy atom. The summed E-state index contributed by atoms with van der Waals surface area (Å²) >= 11 is 12.8. The summed E-state index contributed by atoms with van der Waals surface area (Å²) in [6.07, 6.45) is 15.0.